The smallest absolute Gasteiger partial charge is 0.229 e. The molecule has 0 radical (unpaired) electrons. The van der Waals surface area contributed by atoms with Crippen LogP contribution >= 0.6 is 0 Å². The van der Waals surface area contributed by atoms with Crippen molar-refractivity contribution in [1.29, 1.82) is 0 Å². The Morgan fingerprint density at radius 2 is 2.39 bits per heavy atom. The Labute approximate surface area is 138 Å². The molecule has 126 valence electrons. The van der Waals surface area contributed by atoms with Crippen LogP contribution in [0.3, 0.4) is 0 Å². The van der Waals surface area contributed by atoms with E-state index in [9.17, 15) is 4.79 Å². The highest BCUT2D eigenvalue weighted by Gasteiger charge is 2.33. The molecule has 1 aromatic heterocycles. The van der Waals surface area contributed by atoms with Crippen molar-refractivity contribution < 1.29 is 4.79 Å². The van der Waals surface area contributed by atoms with Crippen LogP contribution < -0.4 is 10.6 Å². The van der Waals surface area contributed by atoms with Crippen molar-refractivity contribution in [1.82, 2.24) is 15.2 Å². The monoisotopic (exact) mass is 316 g/mol. The number of pyridine rings is 1. The fraction of sp³-hybridized carbons (Fsp3) is 0.667. The maximum Gasteiger partial charge on any atom is 0.229 e. The molecule has 2 aliphatic rings. The first kappa shape index (κ1) is 16.4. The summed E-state index contributed by atoms with van der Waals surface area (Å²) in [6, 6.07) is 3.85. The lowest BCUT2D eigenvalue weighted by Crippen LogP contribution is -2.45. The highest BCUT2D eigenvalue weighted by molar-refractivity contribution is 5.91. The summed E-state index contributed by atoms with van der Waals surface area (Å²) in [4.78, 5) is 19.3. The Morgan fingerprint density at radius 1 is 1.52 bits per heavy atom. The highest BCUT2D eigenvalue weighted by Crippen LogP contribution is 2.28. The summed E-state index contributed by atoms with van der Waals surface area (Å²) in [6.45, 7) is 9.63. The van der Waals surface area contributed by atoms with Crippen LogP contribution in [-0.4, -0.2) is 48.5 Å². The Morgan fingerprint density at radius 3 is 3.09 bits per heavy atom. The summed E-state index contributed by atoms with van der Waals surface area (Å²) in [5.74, 6) is 0.843. The lowest BCUT2D eigenvalue weighted by molar-refractivity contribution is -0.121. The van der Waals surface area contributed by atoms with Crippen LogP contribution in [0, 0.1) is 18.3 Å². The standard InChI is InChI=1S/C18H28N4O/c1-14-5-6-16(20-10-14)21-17(23)15-4-3-9-22(11-15)13-18(2)7-8-19-12-18/h5-6,10,15,19H,3-4,7-9,11-13H2,1-2H3,(H,20,21,23). The number of amides is 1. The van der Waals surface area contributed by atoms with Gasteiger partial charge in [-0.15, -0.1) is 0 Å². The van der Waals surface area contributed by atoms with Crippen LogP contribution in [-0.2, 0) is 4.79 Å². The summed E-state index contributed by atoms with van der Waals surface area (Å²) >= 11 is 0. The lowest BCUT2D eigenvalue weighted by Gasteiger charge is -2.37. The molecule has 2 N–H and O–H groups in total. The molecule has 0 saturated carbocycles. The van der Waals surface area contributed by atoms with Gasteiger partial charge in [0, 0.05) is 25.8 Å². The molecule has 0 aromatic carbocycles. The fourth-order valence-electron chi connectivity index (χ4n) is 3.73. The van der Waals surface area contributed by atoms with Gasteiger partial charge in [-0.1, -0.05) is 13.0 Å². The molecule has 5 heteroatoms. The van der Waals surface area contributed by atoms with Crippen molar-refractivity contribution in [3.05, 3.63) is 23.9 Å². The van der Waals surface area contributed by atoms with Crippen LogP contribution in [0.1, 0.15) is 31.7 Å². The summed E-state index contributed by atoms with van der Waals surface area (Å²) < 4.78 is 0. The second-order valence-corrected chi connectivity index (χ2v) is 7.52. The number of likely N-dealkylation sites (tertiary alicyclic amines) is 1. The number of carbonyl (C=O) groups is 1. The molecule has 2 atom stereocenters. The molecule has 2 unspecified atom stereocenters. The van der Waals surface area contributed by atoms with Gasteiger partial charge in [-0.2, -0.15) is 0 Å². The lowest BCUT2D eigenvalue weighted by atomic mass is 9.87. The van der Waals surface area contributed by atoms with Crippen molar-refractivity contribution in [3.63, 3.8) is 0 Å². The molecule has 3 rings (SSSR count). The van der Waals surface area contributed by atoms with E-state index >= 15 is 0 Å². The molecule has 0 aliphatic carbocycles. The minimum absolute atomic E-state index is 0.0739. The summed E-state index contributed by atoms with van der Waals surface area (Å²) in [5.41, 5.74) is 1.46. The number of anilines is 1. The average molecular weight is 316 g/mol. The molecule has 2 aliphatic heterocycles. The Hall–Kier alpha value is -1.46. The number of carbonyl (C=O) groups excluding carboxylic acids is 1. The van der Waals surface area contributed by atoms with Gasteiger partial charge < -0.3 is 15.5 Å². The molecule has 23 heavy (non-hydrogen) atoms. The SMILES string of the molecule is Cc1ccc(NC(=O)C2CCCN(CC3(C)CCNC3)C2)nc1. The predicted molar refractivity (Wildman–Crippen MR) is 92.4 cm³/mol. The highest BCUT2D eigenvalue weighted by atomic mass is 16.2. The van der Waals surface area contributed by atoms with E-state index in [1.165, 1.54) is 6.42 Å². The second kappa shape index (κ2) is 6.97. The topological polar surface area (TPSA) is 57.3 Å². The van der Waals surface area contributed by atoms with Gasteiger partial charge in [0.05, 0.1) is 5.92 Å². The fourth-order valence-corrected chi connectivity index (χ4v) is 3.73. The van der Waals surface area contributed by atoms with Gasteiger partial charge >= 0.3 is 0 Å². The van der Waals surface area contributed by atoms with E-state index in [0.29, 0.717) is 11.2 Å². The molecular formula is C18H28N4O. The minimum atomic E-state index is 0.0739. The maximum atomic E-state index is 12.5. The molecule has 1 amide bonds. The van der Waals surface area contributed by atoms with Crippen LogP contribution in [0.4, 0.5) is 5.82 Å². The normalized spacial score (nSPS) is 28.7. The van der Waals surface area contributed by atoms with Crippen LogP contribution in [0.2, 0.25) is 0 Å². The third-order valence-corrected chi connectivity index (χ3v) is 5.10. The molecule has 1 aromatic rings. The van der Waals surface area contributed by atoms with Gasteiger partial charge in [-0.05, 0) is 56.3 Å². The number of aryl methyl sites for hydroxylation is 1. The number of hydrogen-bond donors (Lipinski definition) is 2. The molecule has 5 nitrogen and oxygen atoms in total. The van der Waals surface area contributed by atoms with Gasteiger partial charge in [-0.25, -0.2) is 4.98 Å². The predicted octanol–water partition coefficient (Wildman–Crippen LogP) is 2.04. The van der Waals surface area contributed by atoms with E-state index < -0.39 is 0 Å². The first-order valence-electron chi connectivity index (χ1n) is 8.71. The Kier molecular flexibility index (Phi) is 4.97. The van der Waals surface area contributed by atoms with Gasteiger partial charge in [0.25, 0.3) is 0 Å². The summed E-state index contributed by atoms with van der Waals surface area (Å²) in [7, 11) is 0. The zero-order valence-corrected chi connectivity index (χ0v) is 14.3. The van der Waals surface area contributed by atoms with E-state index in [1.807, 2.05) is 19.1 Å². The van der Waals surface area contributed by atoms with Gasteiger partial charge in [-0.3, -0.25) is 4.79 Å². The zero-order chi connectivity index (χ0) is 16.3. The minimum Gasteiger partial charge on any atom is -0.316 e. The third-order valence-electron chi connectivity index (χ3n) is 5.10. The number of piperidine rings is 1. The van der Waals surface area contributed by atoms with Crippen molar-refractivity contribution in [2.75, 3.05) is 38.0 Å². The van der Waals surface area contributed by atoms with E-state index in [4.69, 9.17) is 0 Å². The van der Waals surface area contributed by atoms with E-state index in [0.717, 1.165) is 51.1 Å². The summed E-state index contributed by atoms with van der Waals surface area (Å²) in [5, 5.41) is 6.43. The van der Waals surface area contributed by atoms with Gasteiger partial charge in [0.15, 0.2) is 0 Å². The van der Waals surface area contributed by atoms with Crippen LogP contribution in [0.5, 0.6) is 0 Å². The van der Waals surface area contributed by atoms with Crippen molar-refractivity contribution in [3.8, 4) is 0 Å². The van der Waals surface area contributed by atoms with E-state index in [2.05, 4.69) is 27.4 Å². The number of nitrogens with zero attached hydrogens (tertiary/aromatic N) is 2. The number of nitrogens with one attached hydrogen (secondary N) is 2. The van der Waals surface area contributed by atoms with Crippen molar-refractivity contribution in [2.45, 2.75) is 33.1 Å². The maximum absolute atomic E-state index is 12.5. The Bertz CT molecular complexity index is 536. The number of rotatable bonds is 4. The second-order valence-electron chi connectivity index (χ2n) is 7.52. The average Bonchev–Trinajstić information content (AvgIpc) is 2.96. The molecule has 2 saturated heterocycles. The Balaban J connectivity index is 1.55. The van der Waals surface area contributed by atoms with Crippen LogP contribution in [0.15, 0.2) is 18.3 Å². The first-order chi connectivity index (χ1) is 11.0. The van der Waals surface area contributed by atoms with Gasteiger partial charge in [0.1, 0.15) is 5.82 Å². The number of hydrogen-bond acceptors (Lipinski definition) is 4. The molecule has 2 fully saturated rings. The largest absolute Gasteiger partial charge is 0.316 e. The van der Waals surface area contributed by atoms with E-state index in [1.54, 1.807) is 6.20 Å². The summed E-state index contributed by atoms with van der Waals surface area (Å²) in [6.07, 6.45) is 5.09. The molecule has 3 heterocycles. The molecule has 0 spiro atoms. The van der Waals surface area contributed by atoms with Crippen molar-refractivity contribution >= 4 is 11.7 Å². The first-order valence-corrected chi connectivity index (χ1v) is 8.71. The quantitative estimate of drug-likeness (QED) is 0.892. The van der Waals surface area contributed by atoms with Crippen LogP contribution in [0.25, 0.3) is 0 Å². The zero-order valence-electron chi connectivity index (χ0n) is 14.3. The van der Waals surface area contributed by atoms with E-state index in [-0.39, 0.29) is 11.8 Å². The molecular weight excluding hydrogens is 288 g/mol. The molecule has 0 bridgehead atoms. The third kappa shape index (κ3) is 4.30. The van der Waals surface area contributed by atoms with Crippen molar-refractivity contribution in [2.24, 2.45) is 11.3 Å². The number of aromatic nitrogens is 1. The van der Waals surface area contributed by atoms with Gasteiger partial charge in [0.2, 0.25) is 5.91 Å².